The Labute approximate surface area is 156 Å². The molecule has 1 N–H and O–H groups in total. The fourth-order valence-corrected chi connectivity index (χ4v) is 4.69. The summed E-state index contributed by atoms with van der Waals surface area (Å²) in [5, 5.41) is 2.88. The van der Waals surface area contributed by atoms with Crippen LogP contribution in [0, 0.1) is 5.92 Å². The van der Waals surface area contributed by atoms with Gasteiger partial charge in [0.05, 0.1) is 27.9 Å². The summed E-state index contributed by atoms with van der Waals surface area (Å²) in [6.07, 6.45) is 3.22. The lowest BCUT2D eigenvalue weighted by Gasteiger charge is -2.17. The molecule has 1 aromatic heterocycles. The summed E-state index contributed by atoms with van der Waals surface area (Å²) in [7, 11) is -3.75. The van der Waals surface area contributed by atoms with Crippen molar-refractivity contribution in [3.05, 3.63) is 58.9 Å². The number of carbonyl (C=O) groups excluding carboxylic acids is 2. The zero-order valence-corrected chi connectivity index (χ0v) is 15.4. The van der Waals surface area contributed by atoms with Crippen LogP contribution in [0.2, 0.25) is 5.02 Å². The van der Waals surface area contributed by atoms with E-state index >= 15 is 0 Å². The first-order chi connectivity index (χ1) is 12.3. The van der Waals surface area contributed by atoms with Crippen LogP contribution in [0.25, 0.3) is 0 Å². The molecule has 1 fully saturated rings. The molecule has 0 radical (unpaired) electrons. The molecule has 3 rings (SSSR count). The van der Waals surface area contributed by atoms with E-state index in [9.17, 15) is 18.0 Å². The average Bonchev–Trinajstić information content (AvgIpc) is 2.81. The van der Waals surface area contributed by atoms with E-state index in [2.05, 4.69) is 10.3 Å². The molecule has 1 aromatic carbocycles. The molecule has 7 nitrogen and oxygen atoms in total. The SMILES string of the molecule is CC1CS(=O)(=O)N(c2ccc(Cl)c(C(=O)NCc3ccncc3)c2)C1=O. The molecule has 2 amide bonds. The molecule has 9 heteroatoms. The summed E-state index contributed by atoms with van der Waals surface area (Å²) < 4.78 is 25.2. The number of benzene rings is 1. The molecule has 2 heterocycles. The van der Waals surface area contributed by atoms with Gasteiger partial charge in [-0.15, -0.1) is 0 Å². The van der Waals surface area contributed by atoms with Crippen LogP contribution in [0.1, 0.15) is 22.8 Å². The summed E-state index contributed by atoms with van der Waals surface area (Å²) in [4.78, 5) is 28.6. The molecule has 26 heavy (non-hydrogen) atoms. The largest absolute Gasteiger partial charge is 0.348 e. The highest BCUT2D eigenvalue weighted by molar-refractivity contribution is 7.94. The van der Waals surface area contributed by atoms with Gasteiger partial charge in [-0.05, 0) is 35.9 Å². The molecule has 0 aliphatic carbocycles. The first kappa shape index (κ1) is 18.3. The van der Waals surface area contributed by atoms with Crippen molar-refractivity contribution in [2.24, 2.45) is 5.92 Å². The molecule has 1 aliphatic rings. The standard InChI is InChI=1S/C17H16ClN3O4S/c1-11-10-26(24,25)21(17(11)23)13-2-3-15(18)14(8-13)16(22)20-9-12-4-6-19-7-5-12/h2-8,11H,9-10H2,1H3,(H,20,22). The van der Waals surface area contributed by atoms with Crippen LogP contribution >= 0.6 is 11.6 Å². The highest BCUT2D eigenvalue weighted by Gasteiger charge is 2.42. The van der Waals surface area contributed by atoms with Crippen molar-refractivity contribution in [3.8, 4) is 0 Å². The maximum absolute atomic E-state index is 12.4. The number of carbonyl (C=O) groups is 2. The molecular formula is C17H16ClN3O4S. The number of rotatable bonds is 4. The van der Waals surface area contributed by atoms with Gasteiger partial charge in [-0.25, -0.2) is 12.7 Å². The van der Waals surface area contributed by atoms with E-state index in [1.807, 2.05) is 0 Å². The minimum atomic E-state index is -3.75. The third-order valence-corrected chi connectivity index (χ3v) is 6.19. The van der Waals surface area contributed by atoms with Gasteiger partial charge in [0.1, 0.15) is 0 Å². The zero-order chi connectivity index (χ0) is 18.9. The normalized spacial score (nSPS) is 18.8. The van der Waals surface area contributed by atoms with Gasteiger partial charge >= 0.3 is 0 Å². The predicted octanol–water partition coefficient (Wildman–Crippen LogP) is 1.98. The van der Waals surface area contributed by atoms with Crippen molar-refractivity contribution in [2.45, 2.75) is 13.5 Å². The van der Waals surface area contributed by atoms with Crippen molar-refractivity contribution >= 4 is 39.1 Å². The lowest BCUT2D eigenvalue weighted by molar-refractivity contribution is -0.119. The predicted molar refractivity (Wildman–Crippen MR) is 97.3 cm³/mol. The van der Waals surface area contributed by atoms with E-state index in [1.54, 1.807) is 31.5 Å². The Balaban J connectivity index is 1.86. The molecular weight excluding hydrogens is 378 g/mol. The van der Waals surface area contributed by atoms with Crippen LogP contribution < -0.4 is 9.62 Å². The van der Waals surface area contributed by atoms with Gasteiger partial charge in [0.2, 0.25) is 15.9 Å². The quantitative estimate of drug-likeness (QED) is 0.856. The summed E-state index contributed by atoms with van der Waals surface area (Å²) in [6, 6.07) is 7.65. The molecule has 1 saturated heterocycles. The monoisotopic (exact) mass is 393 g/mol. The number of pyridine rings is 1. The minimum absolute atomic E-state index is 0.0979. The van der Waals surface area contributed by atoms with Crippen LogP contribution in [0.5, 0.6) is 0 Å². The second-order valence-corrected chi connectivity index (χ2v) is 8.25. The lowest BCUT2D eigenvalue weighted by Crippen LogP contribution is -2.31. The molecule has 0 saturated carbocycles. The lowest BCUT2D eigenvalue weighted by atomic mass is 10.1. The van der Waals surface area contributed by atoms with Crippen LogP contribution in [0.3, 0.4) is 0 Å². The zero-order valence-electron chi connectivity index (χ0n) is 13.8. The minimum Gasteiger partial charge on any atom is -0.348 e. The second-order valence-electron chi connectivity index (χ2n) is 5.98. The molecule has 2 aromatic rings. The summed E-state index contributed by atoms with van der Waals surface area (Å²) in [6.45, 7) is 1.82. The topological polar surface area (TPSA) is 96.4 Å². The average molecular weight is 394 g/mol. The third kappa shape index (κ3) is 3.56. The molecule has 1 aliphatic heterocycles. The number of halogens is 1. The Morgan fingerprint density at radius 3 is 2.62 bits per heavy atom. The van der Waals surface area contributed by atoms with E-state index in [-0.39, 0.29) is 28.6 Å². The number of hydrogen-bond donors (Lipinski definition) is 1. The van der Waals surface area contributed by atoms with E-state index in [1.165, 1.54) is 18.2 Å². The van der Waals surface area contributed by atoms with Gasteiger partial charge in [0.15, 0.2) is 0 Å². The van der Waals surface area contributed by atoms with Gasteiger partial charge in [0, 0.05) is 18.9 Å². The summed E-state index contributed by atoms with van der Waals surface area (Å²) in [5.41, 5.74) is 1.06. The van der Waals surface area contributed by atoms with Gasteiger partial charge in [0.25, 0.3) is 5.91 Å². The van der Waals surface area contributed by atoms with E-state index in [4.69, 9.17) is 11.6 Å². The van der Waals surface area contributed by atoms with Crippen molar-refractivity contribution in [3.63, 3.8) is 0 Å². The van der Waals surface area contributed by atoms with Gasteiger partial charge < -0.3 is 5.32 Å². The molecule has 136 valence electrons. The van der Waals surface area contributed by atoms with Gasteiger partial charge in [-0.1, -0.05) is 18.5 Å². The number of sulfonamides is 1. The smallest absolute Gasteiger partial charge is 0.253 e. The Kier molecular flexibility index (Phi) is 4.97. The van der Waals surface area contributed by atoms with Crippen LogP contribution in [0.4, 0.5) is 5.69 Å². The maximum Gasteiger partial charge on any atom is 0.253 e. The first-order valence-electron chi connectivity index (χ1n) is 7.83. The number of hydrogen-bond acceptors (Lipinski definition) is 5. The summed E-state index contributed by atoms with van der Waals surface area (Å²) >= 11 is 6.09. The van der Waals surface area contributed by atoms with Crippen molar-refractivity contribution in [1.29, 1.82) is 0 Å². The number of nitrogens with zero attached hydrogens (tertiary/aromatic N) is 2. The number of aromatic nitrogens is 1. The summed E-state index contributed by atoms with van der Waals surface area (Å²) in [5.74, 6) is -1.86. The molecule has 1 unspecified atom stereocenters. The number of nitrogens with one attached hydrogen (secondary N) is 1. The highest BCUT2D eigenvalue weighted by Crippen LogP contribution is 2.31. The van der Waals surface area contributed by atoms with Crippen molar-refractivity contribution in [1.82, 2.24) is 10.3 Å². The molecule has 1 atom stereocenters. The fraction of sp³-hybridized carbons (Fsp3) is 0.235. The van der Waals surface area contributed by atoms with Gasteiger partial charge in [-0.2, -0.15) is 0 Å². The van der Waals surface area contributed by atoms with Crippen LogP contribution in [-0.4, -0.2) is 31.0 Å². The van der Waals surface area contributed by atoms with Crippen LogP contribution in [-0.2, 0) is 21.4 Å². The van der Waals surface area contributed by atoms with Crippen LogP contribution in [0.15, 0.2) is 42.7 Å². The highest BCUT2D eigenvalue weighted by atomic mass is 35.5. The Morgan fingerprint density at radius 1 is 1.31 bits per heavy atom. The second kappa shape index (κ2) is 7.05. The first-order valence-corrected chi connectivity index (χ1v) is 9.82. The number of amides is 2. The van der Waals surface area contributed by atoms with Gasteiger partial charge in [-0.3, -0.25) is 14.6 Å². The number of anilines is 1. The maximum atomic E-state index is 12.4. The van der Waals surface area contributed by atoms with Crippen molar-refractivity contribution < 1.29 is 18.0 Å². The van der Waals surface area contributed by atoms with E-state index in [0.29, 0.717) is 0 Å². The van der Waals surface area contributed by atoms with E-state index in [0.717, 1.165) is 9.87 Å². The molecule has 0 bridgehead atoms. The Bertz CT molecular complexity index is 963. The third-order valence-electron chi connectivity index (χ3n) is 3.99. The Morgan fingerprint density at radius 2 is 2.00 bits per heavy atom. The fourth-order valence-electron chi connectivity index (χ4n) is 2.68. The molecule has 0 spiro atoms. The van der Waals surface area contributed by atoms with Crippen molar-refractivity contribution in [2.75, 3.05) is 10.1 Å². The Hall–Kier alpha value is -2.45. The van der Waals surface area contributed by atoms with E-state index < -0.39 is 27.8 Å².